The fraction of sp³-hybridized carbons (Fsp3) is 0.960. The van der Waals surface area contributed by atoms with E-state index in [1.165, 1.54) is 75.1 Å². The Morgan fingerprint density at radius 3 is 0.671 bits per heavy atom. The average molecular weight is 2410 g/mol. The van der Waals surface area contributed by atoms with Gasteiger partial charge in [-0.05, 0) is 522 Å². The lowest BCUT2D eigenvalue weighted by molar-refractivity contribution is -0.154. The van der Waals surface area contributed by atoms with Crippen molar-refractivity contribution in [3.8, 4) is 0 Å². The van der Waals surface area contributed by atoms with Crippen molar-refractivity contribution in [1.29, 1.82) is 0 Å². The van der Waals surface area contributed by atoms with Gasteiger partial charge in [0.15, 0.2) is 0 Å². The summed E-state index contributed by atoms with van der Waals surface area (Å²) in [6.45, 7) is 78.0. The zero-order valence-corrected chi connectivity index (χ0v) is 115. The van der Waals surface area contributed by atoms with E-state index < -0.39 is 154 Å². The zero-order chi connectivity index (χ0) is 119. The molecule has 0 spiro atoms. The van der Waals surface area contributed by atoms with E-state index in [0.717, 1.165) is 121 Å². The fourth-order valence-electron chi connectivity index (χ4n) is 10.8. The van der Waals surface area contributed by atoms with Gasteiger partial charge in [0.25, 0.3) is 0 Å². The van der Waals surface area contributed by atoms with E-state index in [0.29, 0.717) is 17.4 Å². The molecule has 2 rings (SSSR count). The van der Waals surface area contributed by atoms with Crippen LogP contribution in [-0.4, -0.2) is 256 Å². The number of ether oxygens (including phenoxy) is 4. The molecule has 0 aromatic rings. The molecule has 0 atom stereocenters. The van der Waals surface area contributed by atoms with Gasteiger partial charge in [0.05, 0.1) is 101 Å². The molecule has 149 heavy (non-hydrogen) atoms. The van der Waals surface area contributed by atoms with E-state index in [1.54, 1.807) is 68.6 Å². The lowest BCUT2D eigenvalue weighted by Gasteiger charge is -2.32. The van der Waals surface area contributed by atoms with Gasteiger partial charge < -0.3 is 39.4 Å². The maximum Gasteiger partial charge on any atom is 0.393 e. The molecule has 48 heteroatoms. The van der Waals surface area contributed by atoms with Crippen molar-refractivity contribution >= 4 is 151 Å². The summed E-state index contributed by atoms with van der Waals surface area (Å²) in [5.41, 5.74) is -4.91. The Morgan fingerprint density at radius 1 is 0.262 bits per heavy atom. The number of carbonyl (C=O) groups excluding carboxylic acids is 4. The smallest absolute Gasteiger partial charge is 0.393 e. The predicted molar refractivity (Wildman–Crippen MR) is 635 cm³/mol. The lowest BCUT2D eigenvalue weighted by atomic mass is 9.89. The summed E-state index contributed by atoms with van der Waals surface area (Å²) in [6, 6.07) is 0. The highest BCUT2D eigenvalue weighted by Gasteiger charge is 2.45. The zero-order valence-electron chi connectivity index (χ0n) is 103. The van der Waals surface area contributed by atoms with Crippen LogP contribution in [0.1, 0.15) is 404 Å². The number of rotatable bonds is 45. The summed E-state index contributed by atoms with van der Waals surface area (Å²) in [5.74, 6) is 0.471. The van der Waals surface area contributed by atoms with E-state index in [4.69, 9.17) is 88.0 Å². The summed E-state index contributed by atoms with van der Waals surface area (Å²) in [6.07, 6.45) is 10.8. The molecular weight excluding hydrogens is 2190 g/mol. The molecule has 0 unspecified atom stereocenters. The molecule has 0 amide bonds. The molecule has 0 bridgehead atoms. The van der Waals surface area contributed by atoms with Gasteiger partial charge in [0.1, 0.15) is 30.6 Å². The van der Waals surface area contributed by atoms with Crippen molar-refractivity contribution in [2.45, 2.75) is 488 Å². The Morgan fingerprint density at radius 2 is 0.463 bits per heavy atom. The van der Waals surface area contributed by atoms with Crippen LogP contribution >= 0.6 is 127 Å². The van der Waals surface area contributed by atoms with Gasteiger partial charge in [-0.25, -0.2) is 32.0 Å². The summed E-state index contributed by atoms with van der Waals surface area (Å²) in [7, 11) is 7.82. The molecule has 2 aliphatic rings. The number of esters is 4. The fourth-order valence-corrected chi connectivity index (χ4v) is 40.3. The van der Waals surface area contributed by atoms with E-state index in [9.17, 15) is 51.1 Å². The van der Waals surface area contributed by atoms with Crippen molar-refractivity contribution in [1.82, 2.24) is 19.6 Å². The number of nitrogens with zero attached hydrogens (tertiary/aromatic N) is 4. The van der Waals surface area contributed by atoms with Crippen LogP contribution in [-0.2, 0) is 133 Å². The second-order valence-electron chi connectivity index (χ2n) is 53.5. The van der Waals surface area contributed by atoms with Crippen molar-refractivity contribution < 1.29 is 133 Å². The molecule has 0 aromatic carbocycles. The topological polar surface area (TPSA) is 393 Å². The third-order valence-corrected chi connectivity index (χ3v) is 44.1. The van der Waals surface area contributed by atoms with Gasteiger partial charge in [-0.1, -0.05) is 12.8 Å². The first-order valence-corrected chi connectivity index (χ1v) is 73.4. The molecule has 2 N–H and O–H groups in total. The van der Waals surface area contributed by atoms with Crippen LogP contribution < -0.4 is 5.73 Å². The number of hydrogen-bond acceptors (Lipinski definition) is 41. The maximum absolute atomic E-state index is 13.1. The minimum atomic E-state index is -3.48. The van der Waals surface area contributed by atoms with Crippen LogP contribution in [0.2, 0.25) is 0 Å². The molecule has 0 aliphatic carbocycles. The monoisotopic (exact) mass is 2400 g/mol. The minimum absolute atomic E-state index is 0.0601. The first kappa shape index (κ1) is 159. The maximum atomic E-state index is 13.1. The van der Waals surface area contributed by atoms with Gasteiger partial charge in [-0.2, -0.15) is 0 Å². The first-order valence-electron chi connectivity index (χ1n) is 51.2. The van der Waals surface area contributed by atoms with Crippen molar-refractivity contribution in [3.05, 3.63) is 0 Å². The van der Waals surface area contributed by atoms with Crippen molar-refractivity contribution in [2.75, 3.05) is 128 Å². The third-order valence-electron chi connectivity index (χ3n) is 16.1. The summed E-state index contributed by atoms with van der Waals surface area (Å²) < 4.78 is 189. The normalized spacial score (nSPS) is 15.5. The van der Waals surface area contributed by atoms with Crippen molar-refractivity contribution in [3.63, 3.8) is 0 Å². The summed E-state index contributed by atoms with van der Waals surface area (Å²) in [4.78, 5) is 57.2. The highest BCUT2D eigenvalue weighted by Crippen LogP contribution is 2.70. The predicted octanol–water partition coefficient (Wildman–Crippen LogP) is 32.6. The molecule has 0 saturated carbocycles. The van der Waals surface area contributed by atoms with Crippen molar-refractivity contribution in [2.24, 2.45) is 22.0 Å². The van der Waals surface area contributed by atoms with E-state index >= 15 is 0 Å². The molecule has 896 valence electrons. The number of carbonyl (C=O) groups is 4. The van der Waals surface area contributed by atoms with Gasteiger partial charge >= 0.3 is 71.5 Å². The number of piperidine rings is 2. The standard InChI is InChI=1S/C21H42NO5PS.C20H40NO5PS.C15H31O5PS.C13H28NO5PS.C12H28NO3PS.C11H26NO3PS.C9H21O3PS/c1-19(2,3)26-28(24,27-20(4,5)6)29-17-16-25-18(23)21(7,8)12-15-22-13-10-9-11-14-22;1-18(2,3)25-27(23,26-19(4,5)6)28-16-24-17(22)20(7,8)12-15-21-13-10-9-11-14-21;1-13(2,3)12(16)18-10-11-22-21(17,19-14(4,5)6)20-15(7,8)9;1-11(2,3)18-20(16,19-12(4,5)6)21-9-17-10(15)13(7,8)14;1-11(2,3)15-17(14,16-12(4,5)6)18-10-9-13(7)8;1-10(2,3)14-16(13,15-11(4,5)6)17-9-12(7)8;1-8(2,3)11-13(10,14-7)12-9(4,5)6/h9-17H2,1-8H3;9-16H2,1-8H3;10-11H2,1-9H3;9,14H2,1-8H3;9-10H2,1-8H3;9H2,1-8H3;1-7H3. The van der Waals surface area contributed by atoms with Crippen LogP contribution in [0, 0.1) is 16.2 Å². The Balaban J connectivity index is -0.000000548. The SMILES string of the molecule is CC(C)(C)OP(=O)(OC(C)(C)C)SCCOC(=O)C(C)(C)C.CC(C)(C)OP(=O)(OC(C)(C)C)SCCOC(=O)C(C)(C)CCN1CCCCC1.CC(C)(C)OP(=O)(OC(C)(C)C)SCOC(=O)C(C)(C)CCN1CCCCC1.CC(C)(C)OP(=O)(OC(C)(C)C)SCOC(=O)C(C)(C)N.CN(C)CCSP(=O)(OC(C)(C)C)OC(C)(C)C.CN(C)CSP(=O)(OC(C)(C)C)OC(C)(C)C.CSP(=O)(OC(C)(C)C)OC(C)(C)C. The largest absolute Gasteiger partial charge is 0.464 e. The van der Waals surface area contributed by atoms with Crippen LogP contribution in [0.25, 0.3) is 0 Å². The summed E-state index contributed by atoms with van der Waals surface area (Å²) in [5, 5.41) is 0. The quantitative estimate of drug-likeness (QED) is 0.0194. The Hall–Kier alpha value is 1.18. The summed E-state index contributed by atoms with van der Waals surface area (Å²) >= 11 is 7.55. The van der Waals surface area contributed by atoms with Crippen LogP contribution in [0.5, 0.6) is 0 Å². The number of hydrogen-bond donors (Lipinski definition) is 1. The average Bonchev–Trinajstić information content (AvgIpc) is 0.861. The van der Waals surface area contributed by atoms with Gasteiger partial charge in [-0.15, -0.1) is 0 Å². The molecule has 2 aliphatic heterocycles. The Labute approximate surface area is 936 Å². The number of nitrogens with two attached hydrogens (primary N) is 1. The molecule has 2 fully saturated rings. The molecule has 34 nitrogen and oxygen atoms in total. The van der Waals surface area contributed by atoms with Gasteiger partial charge in [-0.3, -0.25) is 87.4 Å². The second-order valence-corrected chi connectivity index (χ2v) is 81.3. The highest BCUT2D eigenvalue weighted by molar-refractivity contribution is 8.57. The van der Waals surface area contributed by atoms with Crippen LogP contribution in [0.15, 0.2) is 0 Å². The van der Waals surface area contributed by atoms with Crippen LogP contribution in [0.4, 0.5) is 0 Å². The third kappa shape index (κ3) is 96.3. The van der Waals surface area contributed by atoms with E-state index in [1.807, 2.05) is 315 Å². The molecule has 0 aromatic heterocycles. The second kappa shape index (κ2) is 65.8. The van der Waals surface area contributed by atoms with E-state index in [2.05, 4.69) is 9.80 Å². The first-order chi connectivity index (χ1) is 65.5. The molecule has 2 heterocycles. The lowest BCUT2D eigenvalue weighted by Crippen LogP contribution is -2.42. The van der Waals surface area contributed by atoms with Gasteiger partial charge in [0, 0.05) is 46.6 Å². The number of likely N-dealkylation sites (tertiary alicyclic amines) is 2. The minimum Gasteiger partial charge on any atom is -0.464 e. The van der Waals surface area contributed by atoms with Gasteiger partial charge in [0.2, 0.25) is 0 Å². The van der Waals surface area contributed by atoms with Crippen LogP contribution in [0.3, 0.4) is 0 Å². The van der Waals surface area contributed by atoms with E-state index in [-0.39, 0.29) is 43.0 Å². The Kier molecular flexibility index (Phi) is 70.0. The highest BCUT2D eigenvalue weighted by atomic mass is 32.7. The molecular formula is C101H216N5O29P7S7. The Bertz CT molecular complexity index is 4050. The molecule has 0 radical (unpaired) electrons. The molecule has 2 saturated heterocycles.